The van der Waals surface area contributed by atoms with Gasteiger partial charge in [0.05, 0.1) is 50.0 Å². The molecule has 0 unspecified atom stereocenters. The number of carbonyl (C=O) groups is 1. The normalized spacial score (nSPS) is 21.7. The molecule has 4 rings (SSSR count). The number of anilines is 1. The number of hydrogen-bond acceptors (Lipinski definition) is 7. The zero-order valence-electron chi connectivity index (χ0n) is 19.7. The van der Waals surface area contributed by atoms with Gasteiger partial charge >= 0.3 is 0 Å². The third kappa shape index (κ3) is 5.62. The molecule has 2 aromatic carbocycles. The van der Waals surface area contributed by atoms with Crippen molar-refractivity contribution in [3.05, 3.63) is 46.4 Å². The lowest BCUT2D eigenvalue weighted by Gasteiger charge is -2.27. The van der Waals surface area contributed by atoms with Gasteiger partial charge in [0.15, 0.2) is 26.5 Å². The molecule has 2 atom stereocenters. The van der Waals surface area contributed by atoms with Crippen LogP contribution in [-0.4, -0.2) is 62.6 Å². The van der Waals surface area contributed by atoms with Crippen molar-refractivity contribution in [3.63, 3.8) is 0 Å². The molecule has 0 bridgehead atoms. The predicted molar refractivity (Wildman–Crippen MR) is 142 cm³/mol. The zero-order chi connectivity index (χ0) is 25.2. The molecule has 188 valence electrons. The molecule has 2 heterocycles. The van der Waals surface area contributed by atoms with Crippen LogP contribution in [0.5, 0.6) is 17.2 Å². The van der Waals surface area contributed by atoms with Crippen molar-refractivity contribution in [1.82, 2.24) is 0 Å². The van der Waals surface area contributed by atoms with Crippen LogP contribution in [-0.2, 0) is 21.1 Å². The maximum absolute atomic E-state index is 13.0. The maximum atomic E-state index is 13.0. The minimum Gasteiger partial charge on any atom is -0.496 e. The topological polar surface area (TPSA) is 94.5 Å². The fraction of sp³-hybridized carbons (Fsp3) is 0.417. The van der Waals surface area contributed by atoms with Crippen LogP contribution in [0.3, 0.4) is 0 Å². The van der Waals surface area contributed by atoms with Crippen molar-refractivity contribution in [2.24, 2.45) is 4.99 Å². The number of fused-ring (bicyclic) bond motifs is 1. The van der Waals surface area contributed by atoms with Crippen LogP contribution in [0.1, 0.15) is 19.4 Å². The van der Waals surface area contributed by atoms with Gasteiger partial charge in [-0.15, -0.1) is 0 Å². The fourth-order valence-corrected chi connectivity index (χ4v) is 8.69. The van der Waals surface area contributed by atoms with Crippen molar-refractivity contribution in [3.8, 4) is 17.2 Å². The summed E-state index contributed by atoms with van der Waals surface area (Å²) >= 11 is 4.94. The number of para-hydroxylation sites is 1. The van der Waals surface area contributed by atoms with Gasteiger partial charge in [0.1, 0.15) is 5.75 Å². The summed E-state index contributed by atoms with van der Waals surface area (Å²) in [6, 6.07) is 10.6. The number of sulfone groups is 1. The molecular formula is C24H27BrN2O6S2. The summed E-state index contributed by atoms with van der Waals surface area (Å²) in [6.45, 7) is 4.68. The zero-order valence-corrected chi connectivity index (χ0v) is 22.9. The van der Waals surface area contributed by atoms with Crippen LogP contribution < -0.4 is 19.1 Å². The van der Waals surface area contributed by atoms with E-state index in [1.54, 1.807) is 19.2 Å². The summed E-state index contributed by atoms with van der Waals surface area (Å²) in [4.78, 5) is 19.3. The van der Waals surface area contributed by atoms with Gasteiger partial charge in [-0.25, -0.2) is 8.42 Å². The molecule has 0 N–H and O–H groups in total. The van der Waals surface area contributed by atoms with Gasteiger partial charge in [-0.1, -0.05) is 30.0 Å². The Balaban J connectivity index is 1.73. The first-order valence-electron chi connectivity index (χ1n) is 11.2. The number of carbonyl (C=O) groups excluding carboxylic acids is 1. The largest absolute Gasteiger partial charge is 0.496 e. The molecule has 2 aromatic rings. The van der Waals surface area contributed by atoms with Crippen LogP contribution in [0, 0.1) is 0 Å². The lowest BCUT2D eigenvalue weighted by molar-refractivity contribution is -0.117. The summed E-state index contributed by atoms with van der Waals surface area (Å²) in [5, 5.41) is 0.258. The van der Waals surface area contributed by atoms with Gasteiger partial charge in [-0.3, -0.25) is 4.79 Å². The molecule has 2 aliphatic heterocycles. The highest BCUT2D eigenvalue weighted by molar-refractivity contribution is 9.10. The summed E-state index contributed by atoms with van der Waals surface area (Å²) in [5.74, 6) is 1.45. The number of ether oxygens (including phenoxy) is 3. The molecule has 0 aromatic heterocycles. The molecule has 2 saturated heterocycles. The van der Waals surface area contributed by atoms with E-state index in [1.165, 1.54) is 11.8 Å². The van der Waals surface area contributed by atoms with Crippen molar-refractivity contribution in [2.45, 2.75) is 31.6 Å². The van der Waals surface area contributed by atoms with Crippen LogP contribution >= 0.6 is 27.7 Å². The Kier molecular flexibility index (Phi) is 7.97. The van der Waals surface area contributed by atoms with Crippen LogP contribution in [0.4, 0.5) is 5.69 Å². The van der Waals surface area contributed by atoms with Gasteiger partial charge < -0.3 is 19.1 Å². The standard InChI is InChI=1S/C24H27BrN2O6S2/c1-4-32-20-11-16(25)17(12-21(20)33-5-2)27-18-13-35(29,30)14-22(18)34-24(27)26-23(28)10-15-8-6-7-9-19(15)31-3/h6-9,11-12,18,22H,4-5,10,13-14H2,1-3H3/t18-,22+/m0/s1. The Morgan fingerprint density at radius 1 is 1.11 bits per heavy atom. The third-order valence-electron chi connectivity index (χ3n) is 5.69. The van der Waals surface area contributed by atoms with Gasteiger partial charge in [0.2, 0.25) is 0 Å². The van der Waals surface area contributed by atoms with Crippen molar-refractivity contribution in [2.75, 3.05) is 36.7 Å². The van der Waals surface area contributed by atoms with Crippen LogP contribution in [0.15, 0.2) is 45.9 Å². The SMILES string of the molecule is CCOc1cc(Br)c(N2C(=NC(=O)Cc3ccccc3OC)S[C@@H]3CS(=O)(=O)C[C@@H]32)cc1OCC. The monoisotopic (exact) mass is 582 g/mol. The second-order valence-electron chi connectivity index (χ2n) is 8.06. The first kappa shape index (κ1) is 25.8. The smallest absolute Gasteiger partial charge is 0.252 e. The van der Waals surface area contributed by atoms with Gasteiger partial charge in [-0.05, 0) is 35.8 Å². The number of hydrogen-bond donors (Lipinski definition) is 0. The number of benzene rings is 2. The molecular weight excluding hydrogens is 556 g/mol. The lowest BCUT2D eigenvalue weighted by atomic mass is 10.1. The van der Waals surface area contributed by atoms with Crippen LogP contribution in [0.25, 0.3) is 0 Å². The molecule has 0 radical (unpaired) electrons. The van der Waals surface area contributed by atoms with Crippen molar-refractivity contribution in [1.29, 1.82) is 0 Å². The van der Waals surface area contributed by atoms with Gasteiger partial charge in [0.25, 0.3) is 5.91 Å². The second-order valence-corrected chi connectivity index (χ2v) is 12.3. The number of amides is 1. The molecule has 0 saturated carbocycles. The molecule has 2 fully saturated rings. The van der Waals surface area contributed by atoms with Crippen molar-refractivity contribution >= 4 is 54.3 Å². The Bertz CT molecular complexity index is 1250. The van der Waals surface area contributed by atoms with E-state index in [4.69, 9.17) is 14.2 Å². The molecule has 0 spiro atoms. The Hall–Kier alpha value is -2.24. The highest BCUT2D eigenvalue weighted by Gasteiger charge is 2.50. The highest BCUT2D eigenvalue weighted by atomic mass is 79.9. The minimum atomic E-state index is -3.20. The molecule has 1 amide bonds. The number of rotatable bonds is 8. The van der Waals surface area contributed by atoms with E-state index in [1.807, 2.05) is 43.0 Å². The van der Waals surface area contributed by atoms with E-state index in [-0.39, 0.29) is 35.1 Å². The van der Waals surface area contributed by atoms with Crippen LogP contribution in [0.2, 0.25) is 0 Å². The number of aliphatic imine (C=N–C) groups is 1. The predicted octanol–water partition coefficient (Wildman–Crippen LogP) is 4.10. The number of amidine groups is 1. The summed E-state index contributed by atoms with van der Waals surface area (Å²) in [7, 11) is -1.64. The Labute approximate surface area is 218 Å². The quantitative estimate of drug-likeness (QED) is 0.459. The number of methoxy groups -OCH3 is 1. The maximum Gasteiger partial charge on any atom is 0.252 e. The highest BCUT2D eigenvalue weighted by Crippen LogP contribution is 2.46. The number of thioether (sulfide) groups is 1. The van der Waals surface area contributed by atoms with E-state index in [2.05, 4.69) is 20.9 Å². The molecule has 8 nitrogen and oxygen atoms in total. The van der Waals surface area contributed by atoms with E-state index < -0.39 is 9.84 Å². The minimum absolute atomic E-state index is 0.00595. The van der Waals surface area contributed by atoms with E-state index in [0.29, 0.717) is 45.8 Å². The summed E-state index contributed by atoms with van der Waals surface area (Å²) < 4.78 is 42.4. The first-order chi connectivity index (χ1) is 16.8. The molecule has 11 heteroatoms. The van der Waals surface area contributed by atoms with E-state index in [0.717, 1.165) is 5.56 Å². The van der Waals surface area contributed by atoms with Gasteiger partial charge in [0, 0.05) is 27.4 Å². The number of nitrogens with zero attached hydrogens (tertiary/aromatic N) is 2. The molecule has 35 heavy (non-hydrogen) atoms. The average Bonchev–Trinajstić information content (AvgIpc) is 3.27. The molecule has 2 aliphatic rings. The van der Waals surface area contributed by atoms with E-state index >= 15 is 0 Å². The van der Waals surface area contributed by atoms with E-state index in [9.17, 15) is 13.2 Å². The lowest BCUT2D eigenvalue weighted by Crippen LogP contribution is -2.38. The van der Waals surface area contributed by atoms with Crippen molar-refractivity contribution < 1.29 is 27.4 Å². The summed E-state index contributed by atoms with van der Waals surface area (Å²) in [6.07, 6.45) is 0.0736. The molecule has 0 aliphatic carbocycles. The number of halogens is 1. The second kappa shape index (κ2) is 10.8. The fourth-order valence-electron chi connectivity index (χ4n) is 4.25. The Morgan fingerprint density at radius 3 is 2.49 bits per heavy atom. The first-order valence-corrected chi connectivity index (χ1v) is 14.7. The average molecular weight is 584 g/mol. The summed E-state index contributed by atoms with van der Waals surface area (Å²) in [5.41, 5.74) is 1.42. The Morgan fingerprint density at radius 2 is 1.80 bits per heavy atom. The third-order valence-corrected chi connectivity index (χ3v) is 9.54. The van der Waals surface area contributed by atoms with Gasteiger partial charge in [-0.2, -0.15) is 4.99 Å².